The molecule has 4 rings (SSSR count). The topological polar surface area (TPSA) is 52.6 Å². The summed E-state index contributed by atoms with van der Waals surface area (Å²) in [6.07, 6.45) is 6.94. The van der Waals surface area contributed by atoms with Crippen molar-refractivity contribution in [3.63, 3.8) is 0 Å². The fraction of sp³-hybridized carbons (Fsp3) is 0.438. The monoisotopic (exact) mass is 884 g/mol. The van der Waals surface area contributed by atoms with Gasteiger partial charge in [-0.2, -0.15) is 30.0 Å². The van der Waals surface area contributed by atoms with Gasteiger partial charge < -0.3 is 15.9 Å². The largest absolute Gasteiger partial charge is 2.00 e. The molecule has 0 unspecified atom stereocenters. The van der Waals surface area contributed by atoms with Gasteiger partial charge in [0.25, 0.3) is 0 Å². The van der Waals surface area contributed by atoms with Crippen LogP contribution in [0.1, 0.15) is 123 Å². The zero-order valence-corrected chi connectivity index (χ0v) is 37.8. The Morgan fingerprint density at radius 2 is 1.00 bits per heavy atom. The third kappa shape index (κ3) is 10.5. The van der Waals surface area contributed by atoms with Gasteiger partial charge in [0.05, 0.1) is 6.61 Å². The minimum absolute atomic E-state index is 0. The number of esters is 2. The van der Waals surface area contributed by atoms with Crippen molar-refractivity contribution in [3.8, 4) is 23.0 Å². The van der Waals surface area contributed by atoms with E-state index in [1.807, 2.05) is 0 Å². The summed E-state index contributed by atoms with van der Waals surface area (Å²) in [4.78, 5) is 23.0. The number of benzene rings is 3. The number of carbonyl (C=O) groups excluding carboxylic acids is 2. The molecule has 0 aromatic heterocycles. The Hall–Kier alpha value is -3.67. The third-order valence-corrected chi connectivity index (χ3v) is 11.3. The van der Waals surface area contributed by atoms with E-state index in [9.17, 15) is 9.59 Å². The van der Waals surface area contributed by atoms with Crippen LogP contribution < -0.4 is 0 Å². The summed E-state index contributed by atoms with van der Waals surface area (Å²) < 4.78 is 10.6. The summed E-state index contributed by atoms with van der Waals surface area (Å²) >= 11 is 0. The smallest absolute Gasteiger partial charge is 0.462 e. The molecule has 0 heterocycles. The predicted molar refractivity (Wildman–Crippen MR) is 217 cm³/mol. The van der Waals surface area contributed by atoms with Crippen molar-refractivity contribution < 1.29 is 40.1 Å². The van der Waals surface area contributed by atoms with Crippen molar-refractivity contribution in [1.82, 2.24) is 0 Å². The Balaban J connectivity index is 0.000000586. The molecule has 282 valence electrons. The van der Waals surface area contributed by atoms with Crippen LogP contribution in [0.2, 0.25) is 0 Å². The van der Waals surface area contributed by atoms with Crippen molar-refractivity contribution in [2.75, 3.05) is 6.61 Å². The SMILES string of the molecule is C=C(C)C(=O)OCC1CC[CH-]CC1.C=C(C)C(=O)OCc1c(C)c(C)c(C#Cc2c(C)c(C)c(-c3c(C)c(C)[c-]c(C)c3C)c(C)c2C)c(C)c1C.[W+2]. The maximum atomic E-state index is 12.0. The van der Waals surface area contributed by atoms with Gasteiger partial charge in [0.1, 0.15) is 6.61 Å². The first-order valence-corrected chi connectivity index (χ1v) is 18.5. The van der Waals surface area contributed by atoms with Crippen LogP contribution in [0.3, 0.4) is 0 Å². The Morgan fingerprint density at radius 1 is 0.623 bits per heavy atom. The second kappa shape index (κ2) is 19.6. The number of ether oxygens (including phenoxy) is 2. The van der Waals surface area contributed by atoms with E-state index in [0.717, 1.165) is 64.6 Å². The van der Waals surface area contributed by atoms with Crippen LogP contribution in [0.4, 0.5) is 0 Å². The van der Waals surface area contributed by atoms with Gasteiger partial charge in [-0.15, -0.1) is 16.7 Å². The molecule has 0 radical (unpaired) electrons. The zero-order chi connectivity index (χ0) is 39.2. The van der Waals surface area contributed by atoms with Crippen LogP contribution in [0, 0.1) is 113 Å². The number of hydrogen-bond acceptors (Lipinski definition) is 4. The number of carbonyl (C=O) groups is 2. The van der Waals surface area contributed by atoms with Gasteiger partial charge in [-0.05, 0) is 131 Å². The van der Waals surface area contributed by atoms with Gasteiger partial charge in [0.2, 0.25) is 0 Å². The van der Waals surface area contributed by atoms with Crippen molar-refractivity contribution >= 4 is 11.9 Å². The number of rotatable bonds is 7. The van der Waals surface area contributed by atoms with E-state index in [0.29, 0.717) is 23.7 Å². The molecule has 0 spiro atoms. The molecule has 3 aromatic rings. The summed E-state index contributed by atoms with van der Waals surface area (Å²) in [5, 5.41) is 0. The fourth-order valence-corrected chi connectivity index (χ4v) is 7.03. The van der Waals surface area contributed by atoms with Crippen molar-refractivity contribution in [2.45, 2.75) is 129 Å². The molecule has 0 bridgehead atoms. The molecule has 0 amide bonds. The quantitative estimate of drug-likeness (QED) is 0.103. The Bertz CT molecular complexity index is 1890. The van der Waals surface area contributed by atoms with Crippen molar-refractivity contribution in [1.29, 1.82) is 0 Å². The minimum Gasteiger partial charge on any atom is -0.462 e. The number of hydrogen-bond donors (Lipinski definition) is 0. The first-order valence-electron chi connectivity index (χ1n) is 18.5. The first-order chi connectivity index (χ1) is 24.3. The summed E-state index contributed by atoms with van der Waals surface area (Å²) in [6.45, 7) is 37.4. The normalized spacial score (nSPS) is 12.4. The summed E-state index contributed by atoms with van der Waals surface area (Å²) in [5.41, 5.74) is 21.3. The van der Waals surface area contributed by atoms with Gasteiger partial charge >= 0.3 is 33.0 Å². The molecule has 3 aromatic carbocycles. The van der Waals surface area contributed by atoms with Gasteiger partial charge in [-0.3, -0.25) is 0 Å². The average molecular weight is 885 g/mol. The van der Waals surface area contributed by atoms with Gasteiger partial charge in [0, 0.05) is 22.3 Å². The second-order valence-corrected chi connectivity index (χ2v) is 14.9. The fourth-order valence-electron chi connectivity index (χ4n) is 7.03. The Morgan fingerprint density at radius 3 is 1.42 bits per heavy atom. The van der Waals surface area contributed by atoms with E-state index in [-0.39, 0.29) is 39.6 Å². The molecule has 0 aliphatic heterocycles. The van der Waals surface area contributed by atoms with Crippen LogP contribution in [0.5, 0.6) is 0 Å². The molecule has 0 atom stereocenters. The predicted octanol–water partition coefficient (Wildman–Crippen LogP) is 11.4. The molecule has 0 saturated heterocycles. The molecule has 5 heteroatoms. The van der Waals surface area contributed by atoms with Crippen molar-refractivity contribution in [2.24, 2.45) is 5.92 Å². The minimum atomic E-state index is -0.363. The molecular weight excluding hydrogens is 824 g/mol. The van der Waals surface area contributed by atoms with Crippen LogP contribution >= 0.6 is 0 Å². The van der Waals surface area contributed by atoms with E-state index in [1.165, 1.54) is 55.6 Å². The Labute approximate surface area is 335 Å². The number of aryl methyl sites for hydroxylation is 2. The standard InChI is InChI=1S/C37H43O2.C11H17O2.W/c1-19(2)37(38)39-18-34-26(9)24(7)32(25(8)27(34)10)15-16-33-28(11)30(13)36(31(14)29(33)12)35-22(5)20(3)17-21(4)23(35)6;1-9(2)11(12)13-8-10-6-4-3-5-7-10;/h1,18H2,2-14H3;3,10H,1,4-8H2,2H3;/q2*-1;+2. The van der Waals surface area contributed by atoms with E-state index in [4.69, 9.17) is 9.47 Å². The zero-order valence-electron chi connectivity index (χ0n) is 34.9. The Kier molecular flexibility index (Phi) is 16.8. The summed E-state index contributed by atoms with van der Waals surface area (Å²) in [6, 6.07) is 3.53. The van der Waals surface area contributed by atoms with Gasteiger partial charge in [-0.1, -0.05) is 65.5 Å². The van der Waals surface area contributed by atoms with E-state index in [2.05, 4.69) is 121 Å². The maximum Gasteiger partial charge on any atom is 2.00 e. The van der Waals surface area contributed by atoms with Crippen LogP contribution in [0.25, 0.3) is 11.1 Å². The molecule has 0 N–H and O–H groups in total. The van der Waals surface area contributed by atoms with Crippen LogP contribution in [-0.2, 0) is 46.7 Å². The van der Waals surface area contributed by atoms with E-state index >= 15 is 0 Å². The molecule has 1 aliphatic rings. The van der Waals surface area contributed by atoms with E-state index in [1.54, 1.807) is 13.8 Å². The molecule has 4 nitrogen and oxygen atoms in total. The first kappa shape index (κ1) is 45.5. The summed E-state index contributed by atoms with van der Waals surface area (Å²) in [7, 11) is 0. The molecule has 1 saturated carbocycles. The van der Waals surface area contributed by atoms with Crippen molar-refractivity contribution in [3.05, 3.63) is 120 Å². The second-order valence-electron chi connectivity index (χ2n) is 14.9. The third-order valence-electron chi connectivity index (χ3n) is 11.3. The van der Waals surface area contributed by atoms with Crippen LogP contribution in [0.15, 0.2) is 24.3 Å². The molecule has 53 heavy (non-hydrogen) atoms. The molecule has 1 aliphatic carbocycles. The average Bonchev–Trinajstić information content (AvgIpc) is 3.11. The van der Waals surface area contributed by atoms with E-state index < -0.39 is 0 Å². The van der Waals surface area contributed by atoms with Gasteiger partial charge in [-0.25, -0.2) is 9.59 Å². The van der Waals surface area contributed by atoms with Crippen LogP contribution in [-0.4, -0.2) is 18.5 Å². The maximum absolute atomic E-state index is 12.0. The molecular formula is C48H60O4W. The van der Waals surface area contributed by atoms with Gasteiger partial charge in [0.15, 0.2) is 0 Å². The molecule has 1 fully saturated rings. The summed E-state index contributed by atoms with van der Waals surface area (Å²) in [5.74, 6) is 7.07.